The molecule has 3 atom stereocenters. The monoisotopic (exact) mass is 278 g/mol. The number of nitrogen functional groups attached to an aromatic ring is 1. The Labute approximate surface area is 116 Å². The molecule has 3 rings (SSSR count). The highest BCUT2D eigenvalue weighted by molar-refractivity contribution is 5.89. The number of hydrogen-bond acceptors (Lipinski definition) is 6. The summed E-state index contributed by atoms with van der Waals surface area (Å²) in [6.07, 6.45) is 2.91. The number of rotatable bonds is 3. The molecule has 1 saturated heterocycles. The molecule has 1 fully saturated rings. The molecular weight excluding hydrogens is 260 g/mol. The van der Waals surface area contributed by atoms with Crippen LogP contribution in [0.5, 0.6) is 0 Å². The molecule has 0 bridgehead atoms. The van der Waals surface area contributed by atoms with Crippen LogP contribution in [0.4, 0.5) is 5.82 Å². The number of hydrogen-bond donors (Lipinski definition) is 3. The number of nitrogens with two attached hydrogens (primary N) is 1. The van der Waals surface area contributed by atoms with Gasteiger partial charge in [0, 0.05) is 12.6 Å². The minimum Gasteiger partial charge on any atom is -0.394 e. The lowest BCUT2D eigenvalue weighted by Crippen LogP contribution is -2.19. The number of anilines is 1. The van der Waals surface area contributed by atoms with Gasteiger partial charge < -0.3 is 25.3 Å². The van der Waals surface area contributed by atoms with E-state index in [4.69, 9.17) is 15.6 Å². The minimum absolute atomic E-state index is 0.107. The highest BCUT2D eigenvalue weighted by Gasteiger charge is 2.36. The summed E-state index contributed by atoms with van der Waals surface area (Å²) >= 11 is 0. The van der Waals surface area contributed by atoms with Crippen molar-refractivity contribution in [1.82, 2.24) is 14.5 Å². The number of nitrogens with zero attached hydrogens (tertiary/aromatic N) is 3. The quantitative estimate of drug-likeness (QED) is 0.741. The second-order valence-electron chi connectivity index (χ2n) is 5.01. The van der Waals surface area contributed by atoms with Gasteiger partial charge in [0.25, 0.3) is 0 Å². The van der Waals surface area contributed by atoms with E-state index in [0.717, 1.165) is 17.4 Å². The number of aliphatic hydroxyl groups excluding tert-OH is 2. The van der Waals surface area contributed by atoms with Crippen molar-refractivity contribution in [1.29, 1.82) is 0 Å². The molecule has 2 aromatic heterocycles. The van der Waals surface area contributed by atoms with E-state index in [1.54, 1.807) is 4.57 Å². The van der Waals surface area contributed by atoms with Gasteiger partial charge in [-0.15, -0.1) is 0 Å². The summed E-state index contributed by atoms with van der Waals surface area (Å²) in [5.41, 5.74) is 7.59. The van der Waals surface area contributed by atoms with Gasteiger partial charge in [0.2, 0.25) is 0 Å². The molecule has 0 radical (unpaired) electrons. The summed E-state index contributed by atoms with van der Waals surface area (Å²) < 4.78 is 7.46. The van der Waals surface area contributed by atoms with E-state index >= 15 is 0 Å². The van der Waals surface area contributed by atoms with Crippen molar-refractivity contribution in [2.45, 2.75) is 38.2 Å². The molecule has 7 nitrogen and oxygen atoms in total. The van der Waals surface area contributed by atoms with Crippen molar-refractivity contribution < 1.29 is 14.9 Å². The number of aliphatic hydroxyl groups is 2. The Morgan fingerprint density at radius 1 is 1.50 bits per heavy atom. The summed E-state index contributed by atoms with van der Waals surface area (Å²) in [5, 5.41) is 20.1. The molecular formula is C13H18N4O3. The van der Waals surface area contributed by atoms with Gasteiger partial charge in [-0.1, -0.05) is 6.92 Å². The van der Waals surface area contributed by atoms with Gasteiger partial charge in [-0.3, -0.25) is 0 Å². The molecule has 0 aliphatic carbocycles. The molecule has 20 heavy (non-hydrogen) atoms. The third kappa shape index (κ3) is 1.94. The van der Waals surface area contributed by atoms with Crippen molar-refractivity contribution in [3.05, 3.63) is 18.1 Å². The van der Waals surface area contributed by atoms with Gasteiger partial charge in [-0.2, -0.15) is 0 Å². The molecule has 3 heterocycles. The third-order valence-corrected chi connectivity index (χ3v) is 3.74. The van der Waals surface area contributed by atoms with E-state index in [2.05, 4.69) is 9.97 Å². The maximum absolute atomic E-state index is 10.1. The molecule has 7 heteroatoms. The molecule has 1 unspecified atom stereocenters. The third-order valence-electron chi connectivity index (χ3n) is 3.74. The van der Waals surface area contributed by atoms with Crippen molar-refractivity contribution in [3.8, 4) is 0 Å². The van der Waals surface area contributed by atoms with E-state index in [9.17, 15) is 5.11 Å². The van der Waals surface area contributed by atoms with E-state index in [1.807, 2.05) is 13.1 Å². The molecule has 1 aliphatic rings. The Hall–Kier alpha value is -1.70. The number of ether oxygens (including phenoxy) is 1. The van der Waals surface area contributed by atoms with E-state index < -0.39 is 12.3 Å². The van der Waals surface area contributed by atoms with Crippen LogP contribution in [0.3, 0.4) is 0 Å². The Bertz CT molecular complexity index is 627. The van der Waals surface area contributed by atoms with Crippen LogP contribution in [0.15, 0.2) is 12.5 Å². The fourth-order valence-corrected chi connectivity index (χ4v) is 2.75. The predicted octanol–water partition coefficient (Wildman–Crippen LogP) is 0.217. The number of aromatic nitrogens is 3. The molecule has 0 amide bonds. The largest absolute Gasteiger partial charge is 0.394 e. The van der Waals surface area contributed by atoms with Crippen LogP contribution in [0.1, 0.15) is 25.1 Å². The van der Waals surface area contributed by atoms with Crippen LogP contribution in [0.2, 0.25) is 0 Å². The van der Waals surface area contributed by atoms with Crippen LogP contribution >= 0.6 is 0 Å². The lowest BCUT2D eigenvalue weighted by Gasteiger charge is -2.17. The molecule has 108 valence electrons. The first-order valence-corrected chi connectivity index (χ1v) is 6.70. The van der Waals surface area contributed by atoms with Crippen molar-refractivity contribution >= 4 is 16.9 Å². The van der Waals surface area contributed by atoms with Crippen LogP contribution in [0, 0.1) is 0 Å². The van der Waals surface area contributed by atoms with Crippen molar-refractivity contribution in [3.63, 3.8) is 0 Å². The Kier molecular flexibility index (Phi) is 3.33. The zero-order valence-electron chi connectivity index (χ0n) is 11.2. The first-order chi connectivity index (χ1) is 9.65. The SMILES string of the molecule is CCc1cn(C2O[C@H](CO)C[C@H]2O)c2ncnc(N)c12. The fraction of sp³-hybridized carbons (Fsp3) is 0.538. The first-order valence-electron chi connectivity index (χ1n) is 6.70. The van der Waals surface area contributed by atoms with Crippen LogP contribution in [0.25, 0.3) is 11.0 Å². The van der Waals surface area contributed by atoms with E-state index in [1.165, 1.54) is 6.33 Å². The zero-order chi connectivity index (χ0) is 14.3. The summed E-state index contributed by atoms with van der Waals surface area (Å²) in [4.78, 5) is 8.27. The number of aryl methyl sites for hydroxylation is 1. The molecule has 0 spiro atoms. The van der Waals surface area contributed by atoms with Gasteiger partial charge in [-0.25, -0.2) is 9.97 Å². The Morgan fingerprint density at radius 3 is 2.95 bits per heavy atom. The molecule has 4 N–H and O–H groups in total. The van der Waals surface area contributed by atoms with Crippen molar-refractivity contribution in [2.75, 3.05) is 12.3 Å². The van der Waals surface area contributed by atoms with Gasteiger partial charge in [0.05, 0.1) is 18.1 Å². The molecule has 0 saturated carbocycles. The molecule has 2 aromatic rings. The second-order valence-corrected chi connectivity index (χ2v) is 5.01. The maximum Gasteiger partial charge on any atom is 0.161 e. The highest BCUT2D eigenvalue weighted by atomic mass is 16.5. The summed E-state index contributed by atoms with van der Waals surface area (Å²) in [5.74, 6) is 0.428. The maximum atomic E-state index is 10.1. The van der Waals surface area contributed by atoms with E-state index in [-0.39, 0.29) is 12.7 Å². The van der Waals surface area contributed by atoms with Gasteiger partial charge in [0.1, 0.15) is 23.9 Å². The van der Waals surface area contributed by atoms with Gasteiger partial charge in [0.15, 0.2) is 6.23 Å². The number of fused-ring (bicyclic) bond motifs is 1. The predicted molar refractivity (Wildman–Crippen MR) is 72.9 cm³/mol. The van der Waals surface area contributed by atoms with Crippen molar-refractivity contribution in [2.24, 2.45) is 0 Å². The first kappa shape index (κ1) is 13.3. The lowest BCUT2D eigenvalue weighted by molar-refractivity contribution is -0.0484. The lowest BCUT2D eigenvalue weighted by atomic mass is 10.2. The Morgan fingerprint density at radius 2 is 2.30 bits per heavy atom. The topological polar surface area (TPSA) is 106 Å². The van der Waals surface area contributed by atoms with Crippen LogP contribution in [-0.4, -0.2) is 43.6 Å². The minimum atomic E-state index is -0.677. The normalized spacial score (nSPS) is 26.4. The van der Waals surface area contributed by atoms with E-state index in [0.29, 0.717) is 17.9 Å². The smallest absolute Gasteiger partial charge is 0.161 e. The average molecular weight is 278 g/mol. The standard InChI is InChI=1S/C13H18N4O3/c1-2-7-4-17(12-10(7)11(14)15-6-16-12)13-9(19)3-8(5-18)20-13/h4,6,8-9,13,18-19H,2-3,5H2,1H3,(H2,14,15,16)/t8-,9+,13?/m0/s1. The molecule has 0 aromatic carbocycles. The zero-order valence-corrected chi connectivity index (χ0v) is 11.2. The van der Waals surface area contributed by atoms with Crippen LogP contribution in [-0.2, 0) is 11.2 Å². The second kappa shape index (κ2) is 5.01. The molecule has 1 aliphatic heterocycles. The fourth-order valence-electron chi connectivity index (χ4n) is 2.75. The summed E-state index contributed by atoms with van der Waals surface area (Å²) in [6, 6.07) is 0. The summed E-state index contributed by atoms with van der Waals surface area (Å²) in [7, 11) is 0. The summed E-state index contributed by atoms with van der Waals surface area (Å²) in [6.45, 7) is 1.92. The Balaban J connectivity index is 2.11. The average Bonchev–Trinajstić information content (AvgIpc) is 3.00. The van der Waals surface area contributed by atoms with Gasteiger partial charge in [-0.05, 0) is 12.0 Å². The highest BCUT2D eigenvalue weighted by Crippen LogP contribution is 2.34. The van der Waals surface area contributed by atoms with Crippen LogP contribution < -0.4 is 5.73 Å². The van der Waals surface area contributed by atoms with Gasteiger partial charge >= 0.3 is 0 Å².